The lowest BCUT2D eigenvalue weighted by atomic mass is 10.2. The molecular formula is C14H18N4O. The molecule has 5 nitrogen and oxygen atoms in total. The van der Waals surface area contributed by atoms with E-state index in [9.17, 15) is 0 Å². The van der Waals surface area contributed by atoms with E-state index < -0.39 is 0 Å². The number of aryl methyl sites for hydroxylation is 1. The van der Waals surface area contributed by atoms with Crippen molar-refractivity contribution in [3.8, 4) is 11.4 Å². The smallest absolute Gasteiger partial charge is 0.161 e. The molecule has 0 saturated carbocycles. The third-order valence-electron chi connectivity index (χ3n) is 2.98. The lowest BCUT2D eigenvalue weighted by Gasteiger charge is -2.16. The molecule has 1 atom stereocenters. The van der Waals surface area contributed by atoms with E-state index in [0.29, 0.717) is 5.82 Å². The van der Waals surface area contributed by atoms with Gasteiger partial charge in [0.15, 0.2) is 5.82 Å². The van der Waals surface area contributed by atoms with E-state index >= 15 is 0 Å². The van der Waals surface area contributed by atoms with Crippen molar-refractivity contribution in [3.05, 3.63) is 35.8 Å². The number of aromatic nitrogens is 3. The van der Waals surface area contributed by atoms with E-state index in [1.165, 1.54) is 0 Å². The number of hydrogen-bond donors (Lipinski definition) is 2. The number of aliphatic hydroxyl groups is 1. The summed E-state index contributed by atoms with van der Waals surface area (Å²) in [6.07, 6.45) is 3.44. The zero-order chi connectivity index (χ0) is 13.8. The summed E-state index contributed by atoms with van der Waals surface area (Å²) in [6, 6.07) is 3.71. The highest BCUT2D eigenvalue weighted by Gasteiger charge is 2.11. The van der Waals surface area contributed by atoms with Crippen molar-refractivity contribution in [2.24, 2.45) is 0 Å². The van der Waals surface area contributed by atoms with Gasteiger partial charge < -0.3 is 10.4 Å². The van der Waals surface area contributed by atoms with Crippen LogP contribution in [0.3, 0.4) is 0 Å². The van der Waals surface area contributed by atoms with Crippen molar-refractivity contribution < 1.29 is 5.11 Å². The van der Waals surface area contributed by atoms with E-state index in [2.05, 4.69) is 20.3 Å². The van der Waals surface area contributed by atoms with Gasteiger partial charge in [-0.2, -0.15) is 0 Å². The van der Waals surface area contributed by atoms with E-state index in [1.807, 2.05) is 32.9 Å². The van der Waals surface area contributed by atoms with Crippen LogP contribution in [0.25, 0.3) is 11.4 Å². The average molecular weight is 258 g/mol. The highest BCUT2D eigenvalue weighted by Crippen LogP contribution is 2.21. The Morgan fingerprint density at radius 3 is 2.53 bits per heavy atom. The molecule has 2 heterocycles. The van der Waals surface area contributed by atoms with E-state index in [-0.39, 0.29) is 12.6 Å². The molecule has 0 saturated heterocycles. The van der Waals surface area contributed by atoms with Crippen LogP contribution in [0.1, 0.15) is 18.2 Å². The number of anilines is 1. The molecule has 0 spiro atoms. The molecule has 0 bridgehead atoms. The molecule has 100 valence electrons. The molecule has 5 heteroatoms. The Balaban J connectivity index is 2.42. The van der Waals surface area contributed by atoms with Crippen LogP contribution >= 0.6 is 0 Å². The van der Waals surface area contributed by atoms with Gasteiger partial charge in [-0.1, -0.05) is 0 Å². The zero-order valence-corrected chi connectivity index (χ0v) is 11.4. The van der Waals surface area contributed by atoms with Gasteiger partial charge in [0.2, 0.25) is 0 Å². The van der Waals surface area contributed by atoms with Crippen LogP contribution in [0.2, 0.25) is 0 Å². The molecule has 19 heavy (non-hydrogen) atoms. The Hall–Kier alpha value is -2.01. The summed E-state index contributed by atoms with van der Waals surface area (Å²) in [5.74, 6) is 1.43. The van der Waals surface area contributed by atoms with Crippen LogP contribution in [0, 0.1) is 13.8 Å². The Morgan fingerprint density at radius 1 is 1.21 bits per heavy atom. The normalized spacial score (nSPS) is 12.2. The predicted octanol–water partition coefficient (Wildman–Crippen LogP) is 1.95. The van der Waals surface area contributed by atoms with Gasteiger partial charge in [0.25, 0.3) is 0 Å². The summed E-state index contributed by atoms with van der Waals surface area (Å²) in [7, 11) is 0. The second-order valence-electron chi connectivity index (χ2n) is 4.57. The number of rotatable bonds is 4. The molecule has 2 rings (SSSR count). The summed E-state index contributed by atoms with van der Waals surface area (Å²) >= 11 is 0. The van der Waals surface area contributed by atoms with Gasteiger partial charge in [-0.05, 0) is 32.9 Å². The van der Waals surface area contributed by atoms with Crippen LogP contribution in [-0.2, 0) is 0 Å². The highest BCUT2D eigenvalue weighted by atomic mass is 16.3. The van der Waals surface area contributed by atoms with Crippen molar-refractivity contribution in [1.82, 2.24) is 15.0 Å². The first kappa shape index (κ1) is 13.4. The third-order valence-corrected chi connectivity index (χ3v) is 2.98. The van der Waals surface area contributed by atoms with Crippen LogP contribution in [0.4, 0.5) is 5.82 Å². The summed E-state index contributed by atoms with van der Waals surface area (Å²) in [6.45, 7) is 5.89. The Labute approximate surface area is 112 Å². The molecule has 0 amide bonds. The first-order chi connectivity index (χ1) is 9.11. The second kappa shape index (κ2) is 5.75. The van der Waals surface area contributed by atoms with Gasteiger partial charge in [-0.25, -0.2) is 9.97 Å². The van der Waals surface area contributed by atoms with Gasteiger partial charge >= 0.3 is 0 Å². The van der Waals surface area contributed by atoms with Crippen LogP contribution in [0.5, 0.6) is 0 Å². The molecule has 0 aliphatic heterocycles. The monoisotopic (exact) mass is 258 g/mol. The molecule has 2 aromatic rings. The molecule has 0 fully saturated rings. The lowest BCUT2D eigenvalue weighted by molar-refractivity contribution is 0.281. The first-order valence-electron chi connectivity index (χ1n) is 6.25. The average Bonchev–Trinajstić information content (AvgIpc) is 2.44. The van der Waals surface area contributed by atoms with Crippen LogP contribution in [-0.4, -0.2) is 32.7 Å². The van der Waals surface area contributed by atoms with Gasteiger partial charge in [-0.3, -0.25) is 4.98 Å². The quantitative estimate of drug-likeness (QED) is 0.877. The molecule has 0 aliphatic rings. The number of hydrogen-bond acceptors (Lipinski definition) is 5. The maximum absolute atomic E-state index is 9.13. The molecule has 0 radical (unpaired) electrons. The summed E-state index contributed by atoms with van der Waals surface area (Å²) in [5, 5.41) is 12.3. The van der Waals surface area contributed by atoms with Crippen molar-refractivity contribution in [2.75, 3.05) is 11.9 Å². The maximum Gasteiger partial charge on any atom is 0.161 e. The van der Waals surface area contributed by atoms with Crippen molar-refractivity contribution in [3.63, 3.8) is 0 Å². The SMILES string of the molecule is Cc1nc(-c2ccncc2)nc(N[C@H](C)CO)c1C. The number of nitrogens with one attached hydrogen (secondary N) is 1. The molecule has 0 aliphatic carbocycles. The minimum atomic E-state index is -0.0432. The summed E-state index contributed by atoms with van der Waals surface area (Å²) < 4.78 is 0. The molecular weight excluding hydrogens is 240 g/mol. The van der Waals surface area contributed by atoms with Gasteiger partial charge in [0, 0.05) is 35.3 Å². The van der Waals surface area contributed by atoms with Crippen LogP contribution in [0.15, 0.2) is 24.5 Å². The minimum absolute atomic E-state index is 0.0432. The highest BCUT2D eigenvalue weighted by molar-refractivity contribution is 5.59. The molecule has 2 N–H and O–H groups in total. The van der Waals surface area contributed by atoms with Crippen LogP contribution < -0.4 is 5.32 Å². The van der Waals surface area contributed by atoms with Gasteiger partial charge in [0.05, 0.1) is 6.61 Å². The molecule has 0 aromatic carbocycles. The molecule has 0 unspecified atom stereocenters. The minimum Gasteiger partial charge on any atom is -0.394 e. The van der Waals surface area contributed by atoms with Crippen molar-refractivity contribution in [1.29, 1.82) is 0 Å². The number of nitrogens with zero attached hydrogens (tertiary/aromatic N) is 3. The summed E-state index contributed by atoms with van der Waals surface area (Å²) in [4.78, 5) is 13.0. The lowest BCUT2D eigenvalue weighted by Crippen LogP contribution is -2.21. The number of aliphatic hydroxyl groups excluding tert-OH is 1. The Kier molecular flexibility index (Phi) is 4.06. The van der Waals surface area contributed by atoms with Crippen molar-refractivity contribution >= 4 is 5.82 Å². The number of pyridine rings is 1. The fourth-order valence-corrected chi connectivity index (χ4v) is 1.68. The maximum atomic E-state index is 9.13. The predicted molar refractivity (Wildman–Crippen MR) is 74.9 cm³/mol. The third kappa shape index (κ3) is 3.06. The van der Waals surface area contributed by atoms with E-state index in [4.69, 9.17) is 5.11 Å². The fourth-order valence-electron chi connectivity index (χ4n) is 1.68. The van der Waals surface area contributed by atoms with Gasteiger partial charge in [0.1, 0.15) is 5.82 Å². The zero-order valence-electron chi connectivity index (χ0n) is 11.4. The Bertz CT molecular complexity index is 557. The standard InChI is InChI=1S/C14H18N4O/c1-9(8-19)16-13-10(2)11(3)17-14(18-13)12-4-6-15-7-5-12/h4-7,9,19H,8H2,1-3H3,(H,16,17,18)/t9-/m1/s1. The van der Waals surface area contributed by atoms with E-state index in [1.54, 1.807) is 12.4 Å². The fraction of sp³-hybridized carbons (Fsp3) is 0.357. The van der Waals surface area contributed by atoms with Gasteiger partial charge in [-0.15, -0.1) is 0 Å². The van der Waals surface area contributed by atoms with E-state index in [0.717, 1.165) is 22.6 Å². The van der Waals surface area contributed by atoms with Crippen molar-refractivity contribution in [2.45, 2.75) is 26.8 Å². The Morgan fingerprint density at radius 2 is 1.89 bits per heavy atom. The largest absolute Gasteiger partial charge is 0.394 e. The topological polar surface area (TPSA) is 70.9 Å². The molecule has 2 aromatic heterocycles. The first-order valence-corrected chi connectivity index (χ1v) is 6.25. The summed E-state index contributed by atoms with van der Waals surface area (Å²) in [5.41, 5.74) is 2.85. The second-order valence-corrected chi connectivity index (χ2v) is 4.57.